The molecule has 1 heterocycles. The molecule has 1 aliphatic carbocycles. The lowest BCUT2D eigenvalue weighted by Gasteiger charge is -2.03. The molecule has 0 saturated heterocycles. The fourth-order valence-corrected chi connectivity index (χ4v) is 2.45. The van der Waals surface area contributed by atoms with Gasteiger partial charge in [0.2, 0.25) is 0 Å². The molecule has 1 aliphatic rings. The van der Waals surface area contributed by atoms with E-state index >= 15 is 0 Å². The first-order chi connectivity index (χ1) is 14.2. The lowest BCUT2D eigenvalue weighted by atomic mass is 10.2. The van der Waals surface area contributed by atoms with Gasteiger partial charge in [0.25, 0.3) is 5.91 Å². The summed E-state index contributed by atoms with van der Waals surface area (Å²) in [4.78, 5) is 15.3. The maximum Gasteiger partial charge on any atom is 0.267 e. The molecule has 0 spiro atoms. The van der Waals surface area contributed by atoms with Gasteiger partial charge in [0.05, 0.1) is 5.38 Å². The van der Waals surface area contributed by atoms with Crippen LogP contribution in [0.4, 0.5) is 0 Å². The van der Waals surface area contributed by atoms with Crippen molar-refractivity contribution in [3.05, 3.63) is 70.4 Å². The minimum atomic E-state index is -0.165. The molecule has 0 fully saturated rings. The second kappa shape index (κ2) is 19.1. The van der Waals surface area contributed by atoms with Crippen molar-refractivity contribution < 1.29 is 4.79 Å². The first-order valence-electron chi connectivity index (χ1n) is 10.8. The lowest BCUT2D eigenvalue weighted by Crippen LogP contribution is -2.24. The van der Waals surface area contributed by atoms with Crippen LogP contribution in [0.1, 0.15) is 71.4 Å². The molecule has 162 valence electrons. The summed E-state index contributed by atoms with van der Waals surface area (Å²) >= 11 is 6.10. The van der Waals surface area contributed by atoms with Crippen molar-refractivity contribution in [3.63, 3.8) is 0 Å². The minimum absolute atomic E-state index is 0.121. The van der Waals surface area contributed by atoms with Gasteiger partial charge in [-0.15, -0.1) is 11.6 Å². The zero-order chi connectivity index (χ0) is 22.7. The number of nitrogens with one attached hydrogen (secondary N) is 2. The number of fused-ring (bicyclic) bond motifs is 1. The Bertz CT molecular complexity index is 792. The summed E-state index contributed by atoms with van der Waals surface area (Å²) in [5, 5.41) is 4.59. The molecule has 4 heteroatoms. The third-order valence-electron chi connectivity index (χ3n) is 3.32. The largest absolute Gasteiger partial charge is 0.351 e. The number of aromatic amines is 1. The number of hydrogen-bond donors (Lipinski definition) is 2. The van der Waals surface area contributed by atoms with Crippen LogP contribution in [-0.2, 0) is 6.54 Å². The molecule has 3 rings (SSSR count). The number of carbonyl (C=O) groups excluding carboxylic acids is 1. The predicted molar refractivity (Wildman–Crippen MR) is 131 cm³/mol. The Hall–Kier alpha value is -2.26. The van der Waals surface area contributed by atoms with Crippen LogP contribution in [0.2, 0.25) is 0 Å². The zero-order valence-corrected chi connectivity index (χ0v) is 20.1. The Morgan fingerprint density at radius 2 is 1.59 bits per heavy atom. The van der Waals surface area contributed by atoms with E-state index in [-0.39, 0.29) is 11.3 Å². The highest BCUT2D eigenvalue weighted by molar-refractivity contribution is 6.25. The number of halogens is 1. The van der Waals surface area contributed by atoms with E-state index in [1.165, 1.54) is 0 Å². The number of carbonyl (C=O) groups is 1. The molecule has 0 saturated carbocycles. The van der Waals surface area contributed by atoms with Crippen LogP contribution in [0.3, 0.4) is 0 Å². The highest BCUT2D eigenvalue weighted by atomic mass is 35.5. The Balaban J connectivity index is 0. The van der Waals surface area contributed by atoms with Gasteiger partial charge >= 0.3 is 0 Å². The number of benzene rings is 1. The molecule has 3 nitrogen and oxygen atoms in total. The summed E-state index contributed by atoms with van der Waals surface area (Å²) in [6.45, 7) is 16.5. The summed E-state index contributed by atoms with van der Waals surface area (Å²) < 4.78 is 0. The van der Waals surface area contributed by atoms with Crippen LogP contribution < -0.4 is 15.9 Å². The first kappa shape index (κ1) is 28.9. The van der Waals surface area contributed by atoms with Crippen LogP contribution in [0.25, 0.3) is 12.2 Å². The number of hydrogen-bond acceptors (Lipinski definition) is 1. The molecule has 1 unspecified atom stereocenters. The first-order valence-corrected chi connectivity index (χ1v) is 11.2. The molecule has 1 amide bonds. The average Bonchev–Trinajstić information content (AvgIpc) is 3.12. The fourth-order valence-electron chi connectivity index (χ4n) is 2.24. The highest BCUT2D eigenvalue weighted by Gasteiger charge is 2.08. The van der Waals surface area contributed by atoms with Crippen LogP contribution in [0.15, 0.2) is 48.6 Å². The smallest absolute Gasteiger partial charge is 0.267 e. The summed E-state index contributed by atoms with van der Waals surface area (Å²) in [5.74, 6) is -0.121. The number of aromatic nitrogens is 1. The van der Waals surface area contributed by atoms with Crippen LogP contribution in [0, 0.1) is 0 Å². The minimum Gasteiger partial charge on any atom is -0.351 e. The van der Waals surface area contributed by atoms with Gasteiger partial charge in [0, 0.05) is 11.9 Å². The van der Waals surface area contributed by atoms with E-state index in [4.69, 9.17) is 11.6 Å². The van der Waals surface area contributed by atoms with Crippen molar-refractivity contribution in [2.75, 3.05) is 0 Å². The molecular weight excluding hydrogens is 380 g/mol. The van der Waals surface area contributed by atoms with Crippen molar-refractivity contribution in [1.29, 1.82) is 0 Å². The van der Waals surface area contributed by atoms with E-state index in [2.05, 4.69) is 10.3 Å². The van der Waals surface area contributed by atoms with Gasteiger partial charge in [-0.2, -0.15) is 0 Å². The number of alkyl halides is 1. The molecule has 1 aromatic heterocycles. The van der Waals surface area contributed by atoms with E-state index < -0.39 is 0 Å². The van der Waals surface area contributed by atoms with Gasteiger partial charge in [-0.3, -0.25) is 4.79 Å². The third-order valence-corrected chi connectivity index (χ3v) is 3.59. The zero-order valence-electron chi connectivity index (χ0n) is 19.3. The van der Waals surface area contributed by atoms with E-state index in [1.807, 2.05) is 116 Å². The average molecular weight is 419 g/mol. The summed E-state index contributed by atoms with van der Waals surface area (Å²) in [6.07, 6.45) is 7.63. The van der Waals surface area contributed by atoms with Crippen molar-refractivity contribution >= 4 is 29.7 Å². The van der Waals surface area contributed by atoms with E-state index in [9.17, 15) is 4.79 Å². The molecule has 0 bridgehead atoms. The van der Waals surface area contributed by atoms with Crippen LogP contribution in [-0.4, -0.2) is 16.3 Å². The van der Waals surface area contributed by atoms with Crippen molar-refractivity contribution in [3.8, 4) is 0 Å². The van der Waals surface area contributed by atoms with Crippen LogP contribution in [0.5, 0.6) is 0 Å². The SMILES string of the molecule is CC.CC.CC.CC.O=C(NCc1ccccc1)c1cc2c([nH]1)=CC(Cl)C=CC=2. The maximum absolute atomic E-state index is 12.2. The normalized spacial score (nSPS) is 12.7. The summed E-state index contributed by atoms with van der Waals surface area (Å²) in [7, 11) is 0. The molecular formula is C25H39ClN2O. The van der Waals surface area contributed by atoms with Crippen molar-refractivity contribution in [2.24, 2.45) is 0 Å². The van der Waals surface area contributed by atoms with Gasteiger partial charge in [0.1, 0.15) is 5.69 Å². The third kappa shape index (κ3) is 10.7. The van der Waals surface area contributed by atoms with Gasteiger partial charge in [0.15, 0.2) is 0 Å². The Kier molecular flexibility index (Phi) is 19.0. The topological polar surface area (TPSA) is 44.9 Å². The highest BCUT2D eigenvalue weighted by Crippen LogP contribution is 2.02. The fraction of sp³-hybridized carbons (Fsp3) is 0.400. The number of H-pyrrole nitrogens is 1. The maximum atomic E-state index is 12.2. The van der Waals surface area contributed by atoms with E-state index in [0.717, 1.165) is 16.1 Å². The van der Waals surface area contributed by atoms with E-state index in [1.54, 1.807) is 0 Å². The second-order valence-electron chi connectivity index (χ2n) is 4.88. The predicted octanol–water partition coefficient (Wildman–Crippen LogP) is 5.79. The molecule has 1 atom stereocenters. The molecule has 2 aromatic rings. The van der Waals surface area contributed by atoms with Crippen molar-refractivity contribution in [1.82, 2.24) is 10.3 Å². The number of rotatable bonds is 3. The molecule has 2 N–H and O–H groups in total. The van der Waals surface area contributed by atoms with Crippen molar-refractivity contribution in [2.45, 2.75) is 67.3 Å². The Labute approximate surface area is 182 Å². The van der Waals surface area contributed by atoms with Gasteiger partial charge in [-0.25, -0.2) is 0 Å². The Morgan fingerprint density at radius 3 is 2.17 bits per heavy atom. The molecule has 29 heavy (non-hydrogen) atoms. The quantitative estimate of drug-likeness (QED) is 0.609. The summed E-state index contributed by atoms with van der Waals surface area (Å²) in [6, 6.07) is 11.7. The second-order valence-corrected chi connectivity index (χ2v) is 5.39. The standard InChI is InChI=1S/C17H15ClN2O.4C2H6/c18-14-8-4-7-13-9-16(20-15(13)10-14)17(21)19-11-12-5-2-1-3-6-12;4*1-2/h1-10,14,20H,11H2,(H,19,21);4*1-2H3. The summed E-state index contributed by atoms with van der Waals surface area (Å²) in [5.41, 5.74) is 1.61. The molecule has 1 aromatic carbocycles. The lowest BCUT2D eigenvalue weighted by molar-refractivity contribution is 0.0946. The number of allylic oxidation sites excluding steroid dienone is 2. The van der Waals surface area contributed by atoms with Crippen LogP contribution >= 0.6 is 11.6 Å². The Morgan fingerprint density at radius 1 is 1.00 bits per heavy atom. The molecule has 0 radical (unpaired) electrons. The van der Waals surface area contributed by atoms with Gasteiger partial charge in [-0.05, 0) is 22.9 Å². The monoisotopic (exact) mass is 418 g/mol. The van der Waals surface area contributed by atoms with E-state index in [0.29, 0.717) is 12.2 Å². The van der Waals surface area contributed by atoms with Gasteiger partial charge < -0.3 is 10.3 Å². The number of amides is 1. The van der Waals surface area contributed by atoms with Gasteiger partial charge in [-0.1, -0.05) is 104 Å². The molecule has 0 aliphatic heterocycles.